The van der Waals surface area contributed by atoms with Gasteiger partial charge in [-0.05, 0) is 30.9 Å². The number of benzene rings is 1. The molecular formula is C15H18N2O3. The van der Waals surface area contributed by atoms with Crippen molar-refractivity contribution in [2.75, 3.05) is 18.5 Å². The number of rotatable bonds is 4. The monoisotopic (exact) mass is 274 g/mol. The van der Waals surface area contributed by atoms with Crippen molar-refractivity contribution in [1.29, 1.82) is 0 Å². The Balaban J connectivity index is 1.54. The summed E-state index contributed by atoms with van der Waals surface area (Å²) in [7, 11) is 0. The number of carbonyl (C=O) groups excluding carboxylic acids is 2. The smallest absolute Gasteiger partial charge is 0.249 e. The van der Waals surface area contributed by atoms with E-state index in [-0.39, 0.29) is 23.8 Å². The van der Waals surface area contributed by atoms with Crippen LogP contribution in [-0.4, -0.2) is 31.1 Å². The van der Waals surface area contributed by atoms with Gasteiger partial charge in [-0.3, -0.25) is 9.59 Å². The van der Waals surface area contributed by atoms with Crippen LogP contribution in [0.4, 0.5) is 5.69 Å². The highest BCUT2D eigenvalue weighted by Gasteiger charge is 2.30. The first-order valence-corrected chi connectivity index (χ1v) is 7.05. The maximum atomic E-state index is 11.9. The van der Waals surface area contributed by atoms with E-state index in [4.69, 9.17) is 4.74 Å². The second-order valence-electron chi connectivity index (χ2n) is 5.21. The van der Waals surface area contributed by atoms with Gasteiger partial charge in [-0.15, -0.1) is 0 Å². The standard InChI is InChI=1S/C15H18N2O3/c18-14-11(10-4-1-2-5-12(10)17-14)7-8-16-15(19)13-6-3-9-20-13/h1-2,4-5,11,13H,3,6-9H2,(H,16,19)(H,17,18). The molecule has 2 amide bonds. The van der Waals surface area contributed by atoms with Gasteiger partial charge < -0.3 is 15.4 Å². The number of nitrogens with one attached hydrogen (secondary N) is 2. The van der Waals surface area contributed by atoms with Crippen molar-refractivity contribution in [2.45, 2.75) is 31.3 Å². The minimum absolute atomic E-state index is 0.0116. The Morgan fingerprint density at radius 1 is 1.40 bits per heavy atom. The molecule has 1 aromatic rings. The van der Waals surface area contributed by atoms with Gasteiger partial charge in [0, 0.05) is 18.8 Å². The number of hydrogen-bond donors (Lipinski definition) is 2. The Morgan fingerprint density at radius 2 is 2.25 bits per heavy atom. The van der Waals surface area contributed by atoms with Gasteiger partial charge >= 0.3 is 0 Å². The molecule has 2 atom stereocenters. The van der Waals surface area contributed by atoms with Crippen LogP contribution in [0.1, 0.15) is 30.7 Å². The highest BCUT2D eigenvalue weighted by Crippen LogP contribution is 2.33. The molecule has 106 valence electrons. The topological polar surface area (TPSA) is 67.4 Å². The largest absolute Gasteiger partial charge is 0.368 e. The fourth-order valence-corrected chi connectivity index (χ4v) is 2.80. The third kappa shape index (κ3) is 2.54. The zero-order chi connectivity index (χ0) is 13.9. The summed E-state index contributed by atoms with van der Waals surface area (Å²) in [6.45, 7) is 1.15. The maximum Gasteiger partial charge on any atom is 0.249 e. The molecule has 0 spiro atoms. The first-order chi connectivity index (χ1) is 9.75. The number of fused-ring (bicyclic) bond motifs is 1. The second kappa shape index (κ2) is 5.63. The van der Waals surface area contributed by atoms with Crippen molar-refractivity contribution in [3.8, 4) is 0 Å². The zero-order valence-electron chi connectivity index (χ0n) is 11.2. The predicted octanol–water partition coefficient (Wildman–Crippen LogP) is 1.41. The van der Waals surface area contributed by atoms with E-state index in [0.717, 1.165) is 24.1 Å². The quantitative estimate of drug-likeness (QED) is 0.872. The van der Waals surface area contributed by atoms with Crippen LogP contribution >= 0.6 is 0 Å². The van der Waals surface area contributed by atoms with E-state index in [1.54, 1.807) is 0 Å². The molecule has 5 heteroatoms. The van der Waals surface area contributed by atoms with E-state index >= 15 is 0 Å². The summed E-state index contributed by atoms with van der Waals surface area (Å²) in [5.74, 6) is -0.220. The second-order valence-corrected chi connectivity index (χ2v) is 5.21. The van der Waals surface area contributed by atoms with Crippen molar-refractivity contribution in [3.05, 3.63) is 29.8 Å². The Kier molecular flexibility index (Phi) is 3.69. The van der Waals surface area contributed by atoms with E-state index in [2.05, 4.69) is 10.6 Å². The van der Waals surface area contributed by atoms with E-state index in [1.165, 1.54) is 0 Å². The Morgan fingerprint density at radius 3 is 3.05 bits per heavy atom. The van der Waals surface area contributed by atoms with Crippen molar-refractivity contribution in [3.63, 3.8) is 0 Å². The van der Waals surface area contributed by atoms with Crippen LogP contribution < -0.4 is 10.6 Å². The molecule has 3 rings (SSSR count). The Hall–Kier alpha value is -1.88. The lowest BCUT2D eigenvalue weighted by Gasteiger charge is -2.12. The van der Waals surface area contributed by atoms with Crippen LogP contribution in [0.2, 0.25) is 0 Å². The minimum Gasteiger partial charge on any atom is -0.368 e. The molecule has 2 unspecified atom stereocenters. The zero-order valence-corrected chi connectivity index (χ0v) is 11.2. The first kappa shape index (κ1) is 13.1. The SMILES string of the molecule is O=C(NCCC1C(=O)Nc2ccccc21)C1CCCO1. The molecule has 0 saturated carbocycles. The first-order valence-electron chi connectivity index (χ1n) is 7.05. The van der Waals surface area contributed by atoms with Crippen LogP contribution in [0.5, 0.6) is 0 Å². The third-order valence-electron chi connectivity index (χ3n) is 3.86. The Labute approximate surface area is 117 Å². The number of ether oxygens (including phenoxy) is 1. The van der Waals surface area contributed by atoms with Gasteiger partial charge in [0.25, 0.3) is 0 Å². The molecule has 2 heterocycles. The lowest BCUT2D eigenvalue weighted by Crippen LogP contribution is -2.35. The number of para-hydroxylation sites is 1. The van der Waals surface area contributed by atoms with Crippen molar-refractivity contribution in [2.24, 2.45) is 0 Å². The van der Waals surface area contributed by atoms with Gasteiger partial charge in [0.2, 0.25) is 11.8 Å². The summed E-state index contributed by atoms with van der Waals surface area (Å²) in [5.41, 5.74) is 1.90. The van der Waals surface area contributed by atoms with Crippen LogP contribution in [0.15, 0.2) is 24.3 Å². The average Bonchev–Trinajstić information content (AvgIpc) is 3.07. The van der Waals surface area contributed by atoms with Gasteiger partial charge in [0.1, 0.15) is 6.10 Å². The van der Waals surface area contributed by atoms with Gasteiger partial charge in [0.05, 0.1) is 5.92 Å². The number of amides is 2. The molecule has 2 aliphatic heterocycles. The molecular weight excluding hydrogens is 256 g/mol. The van der Waals surface area contributed by atoms with Crippen LogP contribution in [0.25, 0.3) is 0 Å². The fraction of sp³-hybridized carbons (Fsp3) is 0.467. The normalized spacial score (nSPS) is 24.3. The van der Waals surface area contributed by atoms with Crippen molar-refractivity contribution in [1.82, 2.24) is 5.32 Å². The molecule has 0 radical (unpaired) electrons. The van der Waals surface area contributed by atoms with Crippen LogP contribution in [0, 0.1) is 0 Å². The maximum absolute atomic E-state index is 11.9. The lowest BCUT2D eigenvalue weighted by molar-refractivity contribution is -0.130. The summed E-state index contributed by atoms with van der Waals surface area (Å²) in [5, 5.41) is 5.72. The van der Waals surface area contributed by atoms with Gasteiger partial charge in [0.15, 0.2) is 0 Å². The summed E-state index contributed by atoms with van der Waals surface area (Å²) in [6, 6.07) is 7.69. The molecule has 2 N–H and O–H groups in total. The number of carbonyl (C=O) groups is 2. The highest BCUT2D eigenvalue weighted by molar-refractivity contribution is 6.02. The van der Waals surface area contributed by atoms with Gasteiger partial charge in [-0.1, -0.05) is 18.2 Å². The molecule has 0 bridgehead atoms. The van der Waals surface area contributed by atoms with Gasteiger partial charge in [-0.2, -0.15) is 0 Å². The molecule has 1 aromatic carbocycles. The van der Waals surface area contributed by atoms with E-state index < -0.39 is 0 Å². The third-order valence-corrected chi connectivity index (χ3v) is 3.86. The van der Waals surface area contributed by atoms with Crippen molar-refractivity contribution >= 4 is 17.5 Å². The molecule has 0 aliphatic carbocycles. The summed E-state index contributed by atoms with van der Waals surface area (Å²) in [6.07, 6.45) is 2.04. The fourth-order valence-electron chi connectivity index (χ4n) is 2.80. The van der Waals surface area contributed by atoms with E-state index in [0.29, 0.717) is 19.6 Å². The highest BCUT2D eigenvalue weighted by atomic mass is 16.5. The minimum atomic E-state index is -0.306. The summed E-state index contributed by atoms with van der Waals surface area (Å²) >= 11 is 0. The predicted molar refractivity (Wildman–Crippen MR) is 74.4 cm³/mol. The van der Waals surface area contributed by atoms with E-state index in [1.807, 2.05) is 24.3 Å². The Bertz CT molecular complexity index is 524. The number of hydrogen-bond acceptors (Lipinski definition) is 3. The van der Waals surface area contributed by atoms with E-state index in [9.17, 15) is 9.59 Å². The summed E-state index contributed by atoms with van der Waals surface area (Å²) in [4.78, 5) is 23.7. The van der Waals surface area contributed by atoms with Crippen LogP contribution in [-0.2, 0) is 14.3 Å². The molecule has 1 fully saturated rings. The summed E-state index contributed by atoms with van der Waals surface area (Å²) < 4.78 is 5.32. The molecule has 20 heavy (non-hydrogen) atoms. The molecule has 1 saturated heterocycles. The van der Waals surface area contributed by atoms with Crippen LogP contribution in [0.3, 0.4) is 0 Å². The van der Waals surface area contributed by atoms with Gasteiger partial charge in [-0.25, -0.2) is 0 Å². The molecule has 5 nitrogen and oxygen atoms in total. The molecule has 0 aromatic heterocycles. The van der Waals surface area contributed by atoms with Crippen molar-refractivity contribution < 1.29 is 14.3 Å². The lowest BCUT2D eigenvalue weighted by atomic mass is 9.97. The average molecular weight is 274 g/mol. The molecule has 2 aliphatic rings. The number of anilines is 1.